The maximum atomic E-state index is 13.5. The average molecular weight is 307 g/mol. The zero-order chi connectivity index (χ0) is 16.4. The summed E-state index contributed by atoms with van der Waals surface area (Å²) in [6, 6.07) is 0.152. The van der Waals surface area contributed by atoms with Gasteiger partial charge in [0.05, 0.1) is 0 Å². The molecular weight excluding hydrogens is 290 g/mol. The standard InChI is InChI=1S/C14H17F4NO2/c1-7(6-14(2,19)13(20)21)3-4-8-11(17)9(15)5-10(16)12(8)18/h5,7H,3-4,6,19H2,1-2H3,(H,20,21). The predicted octanol–water partition coefficient (Wildman–Crippen LogP) is 3.00. The molecule has 0 saturated heterocycles. The number of carboxylic acids is 1. The van der Waals surface area contributed by atoms with E-state index in [0.29, 0.717) is 0 Å². The van der Waals surface area contributed by atoms with Crippen molar-refractivity contribution in [3.05, 3.63) is 34.9 Å². The van der Waals surface area contributed by atoms with Crippen molar-refractivity contribution >= 4 is 5.97 Å². The maximum Gasteiger partial charge on any atom is 0.323 e. The van der Waals surface area contributed by atoms with Crippen LogP contribution in [0.5, 0.6) is 0 Å². The molecule has 0 aliphatic heterocycles. The molecule has 3 nitrogen and oxygen atoms in total. The van der Waals surface area contributed by atoms with Gasteiger partial charge in [0, 0.05) is 11.6 Å². The molecule has 1 rings (SSSR count). The van der Waals surface area contributed by atoms with E-state index in [2.05, 4.69) is 0 Å². The molecule has 0 aliphatic carbocycles. The second kappa shape index (κ2) is 6.43. The first kappa shape index (κ1) is 17.4. The van der Waals surface area contributed by atoms with E-state index in [1.165, 1.54) is 6.92 Å². The lowest BCUT2D eigenvalue weighted by Crippen LogP contribution is -2.46. The van der Waals surface area contributed by atoms with Gasteiger partial charge in [0.15, 0.2) is 23.3 Å². The molecule has 0 amide bonds. The second-order valence-corrected chi connectivity index (χ2v) is 5.52. The van der Waals surface area contributed by atoms with E-state index >= 15 is 0 Å². The van der Waals surface area contributed by atoms with E-state index in [1.807, 2.05) is 0 Å². The maximum absolute atomic E-state index is 13.5. The Morgan fingerprint density at radius 3 is 2.19 bits per heavy atom. The van der Waals surface area contributed by atoms with Gasteiger partial charge in [-0.15, -0.1) is 0 Å². The number of nitrogens with two attached hydrogens (primary N) is 1. The molecule has 2 atom stereocenters. The van der Waals surface area contributed by atoms with E-state index in [1.54, 1.807) is 6.92 Å². The highest BCUT2D eigenvalue weighted by Crippen LogP contribution is 2.24. The van der Waals surface area contributed by atoms with Crippen LogP contribution in [-0.4, -0.2) is 16.6 Å². The number of halogens is 4. The Morgan fingerprint density at radius 2 is 1.76 bits per heavy atom. The van der Waals surface area contributed by atoms with Gasteiger partial charge in [-0.2, -0.15) is 0 Å². The predicted molar refractivity (Wildman–Crippen MR) is 68.6 cm³/mol. The van der Waals surface area contributed by atoms with Crippen LogP contribution in [0.25, 0.3) is 0 Å². The van der Waals surface area contributed by atoms with Crippen LogP contribution in [0.3, 0.4) is 0 Å². The van der Waals surface area contributed by atoms with Crippen molar-refractivity contribution in [3.63, 3.8) is 0 Å². The van der Waals surface area contributed by atoms with Crippen molar-refractivity contribution < 1.29 is 27.5 Å². The second-order valence-electron chi connectivity index (χ2n) is 5.52. The van der Waals surface area contributed by atoms with E-state index in [4.69, 9.17) is 10.8 Å². The molecule has 0 bridgehead atoms. The molecule has 7 heteroatoms. The molecular formula is C14H17F4NO2. The minimum atomic E-state index is -1.47. The summed E-state index contributed by atoms with van der Waals surface area (Å²) < 4.78 is 53.0. The van der Waals surface area contributed by atoms with Gasteiger partial charge in [0.1, 0.15) is 5.54 Å². The van der Waals surface area contributed by atoms with E-state index in [-0.39, 0.29) is 31.2 Å². The van der Waals surface area contributed by atoms with Gasteiger partial charge < -0.3 is 10.8 Å². The Hall–Kier alpha value is -1.63. The largest absolute Gasteiger partial charge is 0.480 e. The Labute approximate surface area is 119 Å². The number of carbonyl (C=O) groups is 1. The van der Waals surface area contributed by atoms with Crippen LogP contribution < -0.4 is 5.73 Å². The first-order valence-electron chi connectivity index (χ1n) is 6.40. The van der Waals surface area contributed by atoms with E-state index in [0.717, 1.165) is 0 Å². The molecule has 0 spiro atoms. The first-order chi connectivity index (χ1) is 9.56. The van der Waals surface area contributed by atoms with Crippen molar-refractivity contribution in [3.8, 4) is 0 Å². The zero-order valence-electron chi connectivity index (χ0n) is 11.7. The monoisotopic (exact) mass is 307 g/mol. The van der Waals surface area contributed by atoms with Crippen molar-refractivity contribution in [1.29, 1.82) is 0 Å². The summed E-state index contributed by atoms with van der Waals surface area (Å²) in [5.41, 5.74) is 3.43. The third-order valence-corrected chi connectivity index (χ3v) is 3.35. The summed E-state index contributed by atoms with van der Waals surface area (Å²) >= 11 is 0. The van der Waals surface area contributed by atoms with Gasteiger partial charge >= 0.3 is 5.97 Å². The summed E-state index contributed by atoms with van der Waals surface area (Å²) in [6.07, 6.45) is -0.0244. The van der Waals surface area contributed by atoms with Gasteiger partial charge in [-0.05, 0) is 32.1 Å². The molecule has 1 aromatic rings. The number of aliphatic carboxylic acids is 1. The summed E-state index contributed by atoms with van der Waals surface area (Å²) in [7, 11) is 0. The fraction of sp³-hybridized carbons (Fsp3) is 0.500. The smallest absolute Gasteiger partial charge is 0.323 e. The van der Waals surface area contributed by atoms with Gasteiger partial charge in [-0.3, -0.25) is 4.79 Å². The van der Waals surface area contributed by atoms with E-state index in [9.17, 15) is 22.4 Å². The lowest BCUT2D eigenvalue weighted by molar-refractivity contribution is -0.143. The Bertz CT molecular complexity index is 520. The SMILES string of the molecule is CC(CCc1c(F)c(F)cc(F)c1F)CC(C)(N)C(=O)O. The number of hydrogen-bond acceptors (Lipinski definition) is 2. The Balaban J connectivity index is 2.79. The van der Waals surface area contributed by atoms with Crippen LogP contribution in [0.4, 0.5) is 17.6 Å². The van der Waals surface area contributed by atoms with Gasteiger partial charge in [-0.1, -0.05) is 6.92 Å². The highest BCUT2D eigenvalue weighted by atomic mass is 19.2. The Kier molecular flexibility index (Phi) is 5.33. The highest BCUT2D eigenvalue weighted by molar-refractivity contribution is 5.77. The molecule has 1 aromatic carbocycles. The van der Waals surface area contributed by atoms with Crippen molar-refractivity contribution in [2.45, 2.75) is 38.6 Å². The molecule has 3 N–H and O–H groups in total. The third kappa shape index (κ3) is 4.17. The van der Waals surface area contributed by atoms with Gasteiger partial charge in [-0.25, -0.2) is 17.6 Å². The summed E-state index contributed by atoms with van der Waals surface area (Å²) in [4.78, 5) is 10.9. The number of carboxylic acid groups (broad SMARTS) is 1. The molecule has 0 saturated carbocycles. The third-order valence-electron chi connectivity index (χ3n) is 3.35. The molecule has 2 unspecified atom stereocenters. The first-order valence-corrected chi connectivity index (χ1v) is 6.40. The van der Waals surface area contributed by atoms with E-state index < -0.39 is 40.3 Å². The van der Waals surface area contributed by atoms with Crippen LogP contribution in [0, 0.1) is 29.2 Å². The molecule has 0 fully saturated rings. The Morgan fingerprint density at radius 1 is 1.29 bits per heavy atom. The summed E-state index contributed by atoms with van der Waals surface area (Å²) in [6.45, 7) is 2.98. The van der Waals surface area contributed by atoms with Crippen LogP contribution in [-0.2, 0) is 11.2 Å². The molecule has 0 radical (unpaired) electrons. The van der Waals surface area contributed by atoms with Crippen LogP contribution in [0.15, 0.2) is 6.07 Å². The summed E-state index contributed by atoms with van der Waals surface area (Å²) in [5.74, 6) is -7.23. The number of benzene rings is 1. The minimum absolute atomic E-state index is 0.0728. The zero-order valence-corrected chi connectivity index (χ0v) is 11.7. The van der Waals surface area contributed by atoms with Crippen LogP contribution >= 0.6 is 0 Å². The number of hydrogen-bond donors (Lipinski definition) is 2. The molecule has 0 aliphatic rings. The lowest BCUT2D eigenvalue weighted by Gasteiger charge is -2.23. The normalized spacial score (nSPS) is 15.6. The van der Waals surface area contributed by atoms with Gasteiger partial charge in [0.25, 0.3) is 0 Å². The van der Waals surface area contributed by atoms with Gasteiger partial charge in [0.2, 0.25) is 0 Å². The quantitative estimate of drug-likeness (QED) is 0.627. The topological polar surface area (TPSA) is 63.3 Å². The summed E-state index contributed by atoms with van der Waals surface area (Å²) in [5, 5.41) is 8.89. The lowest BCUT2D eigenvalue weighted by atomic mass is 9.87. The van der Waals surface area contributed by atoms with Crippen molar-refractivity contribution in [2.24, 2.45) is 11.7 Å². The fourth-order valence-corrected chi connectivity index (χ4v) is 2.15. The minimum Gasteiger partial charge on any atom is -0.480 e. The molecule has 118 valence electrons. The van der Waals surface area contributed by atoms with Crippen LogP contribution in [0.1, 0.15) is 32.3 Å². The average Bonchev–Trinajstić information content (AvgIpc) is 2.35. The van der Waals surface area contributed by atoms with Crippen molar-refractivity contribution in [2.75, 3.05) is 0 Å². The van der Waals surface area contributed by atoms with Crippen molar-refractivity contribution in [1.82, 2.24) is 0 Å². The van der Waals surface area contributed by atoms with Crippen LogP contribution in [0.2, 0.25) is 0 Å². The molecule has 0 heterocycles. The number of rotatable bonds is 6. The fourth-order valence-electron chi connectivity index (χ4n) is 2.15. The molecule has 0 aromatic heterocycles. The highest BCUT2D eigenvalue weighted by Gasteiger charge is 2.30. The molecule has 21 heavy (non-hydrogen) atoms.